The molecule has 0 amide bonds. The summed E-state index contributed by atoms with van der Waals surface area (Å²) < 4.78 is 42.8. The van der Waals surface area contributed by atoms with Gasteiger partial charge in [0.2, 0.25) is 0 Å². The van der Waals surface area contributed by atoms with Crippen LogP contribution in [-0.4, -0.2) is 50.1 Å². The molecule has 18 nitrogen and oxygen atoms in total. The average molecular weight is 1430 g/mol. The molecule has 11 aromatic carbocycles. The molecule has 16 rings (SSSR count). The molecule has 18 heteroatoms. The van der Waals surface area contributed by atoms with Crippen LogP contribution in [0.25, 0.3) is 21.5 Å². The molecule has 3 aliphatic rings. The van der Waals surface area contributed by atoms with Gasteiger partial charge in [0.1, 0.15) is 86.2 Å². The Morgan fingerprint density at radius 3 is 1.04 bits per heavy atom. The van der Waals surface area contributed by atoms with E-state index < -0.39 is 6.17 Å². The molecular weight excluding hydrogens is 1350 g/mol. The quantitative estimate of drug-likeness (QED) is 0.0579. The number of rotatable bonds is 16. The number of hydrogen-bond acceptors (Lipinski definition) is 16. The Morgan fingerprint density at radius 2 is 0.657 bits per heavy atom. The number of fused-ring (bicyclic) bond motifs is 15. The summed E-state index contributed by atoms with van der Waals surface area (Å²) in [6.45, 7) is 24.2. The van der Waals surface area contributed by atoms with E-state index in [9.17, 15) is 10.2 Å². The molecule has 13 aromatic rings. The van der Waals surface area contributed by atoms with Crippen LogP contribution in [0.3, 0.4) is 0 Å². The Bertz CT molecular complexity index is 6130. The van der Waals surface area contributed by atoms with Crippen molar-refractivity contribution in [3.63, 3.8) is 0 Å². The number of amidine groups is 3. The summed E-state index contributed by atoms with van der Waals surface area (Å²) in [6.07, 6.45) is 2.15. The zero-order chi connectivity index (χ0) is 74.8. The first kappa shape index (κ1) is 68.8. The summed E-state index contributed by atoms with van der Waals surface area (Å²) in [6, 6.07) is 61.6. The van der Waals surface area contributed by atoms with Gasteiger partial charge in [0, 0.05) is 56.2 Å². The number of aromatic hydroxyl groups is 2. The standard InChI is InChI=1S/C90H76N10O8/c1-47-23-17-24-48(2)77(47)103-69-39-61-62(40-70(69)104-78-49(3)25-18-26-50(78)4)84-93-83(61)94-85-63-41-71(105-79-51(5)27-19-28-52(79)6)73(107-81-55(9)31-21-32-56(81)10)43-65(63)87(96-85)98-89-75(91-45-59-35-13-15-37-67(59)101)76(92-46-60-36-14-16-38-68(60)102)90(100-89)99-88-66-44-74(108-82-57(11)33-22-34-58(82)12)72(42-64(66)86(95-84)97-88)106-80-53(7)29-20-30-54(80)8/h13-46,83,94,96,101-102H,1-12H3,(H,93,95,97,98,99,100). The topological polar surface area (TPSA) is 226 Å². The minimum Gasteiger partial charge on any atom is -0.507 e. The lowest BCUT2D eigenvalue weighted by Gasteiger charge is -2.20. The SMILES string of the molecule is Cc1cccc(C)c1Oc1cc2c(cc1Oc1c(C)cccc1C)C1N=C2N=c2[nH]c(c3cc(Oc4c(C)cccc4C)c(Oc4c(C)cccc4C)cc23)=NC2=N/C(=N\c3[nH]c(c4cc(Oc5c(C)cccc5C)c(Oc5c(C)cccc5C)cc34)N1)C(N=Cc1ccccc1O)=C2N=Cc1ccccc1O. The first-order valence-corrected chi connectivity index (χ1v) is 35.6. The third kappa shape index (κ3) is 13.1. The second kappa shape index (κ2) is 28.1. The summed E-state index contributed by atoms with van der Waals surface area (Å²) >= 11 is 0. The molecule has 5 N–H and O–H groups in total. The minimum absolute atomic E-state index is 0.0161. The lowest BCUT2D eigenvalue weighted by atomic mass is 10.0. The van der Waals surface area contributed by atoms with Crippen molar-refractivity contribution in [3.8, 4) is 80.5 Å². The molecule has 0 spiro atoms. The third-order valence-corrected chi connectivity index (χ3v) is 19.6. The molecule has 0 fully saturated rings. The Kier molecular flexibility index (Phi) is 17.9. The van der Waals surface area contributed by atoms with Crippen molar-refractivity contribution in [2.45, 2.75) is 89.3 Å². The van der Waals surface area contributed by atoms with Gasteiger partial charge in [-0.2, -0.15) is 0 Å². The fraction of sp³-hybridized carbons (Fsp3) is 0.144. The summed E-state index contributed by atoms with van der Waals surface area (Å²) in [4.78, 5) is 45.3. The molecule has 8 bridgehead atoms. The van der Waals surface area contributed by atoms with Crippen molar-refractivity contribution in [2.24, 2.45) is 34.9 Å². The molecule has 5 heterocycles. The predicted octanol–water partition coefficient (Wildman–Crippen LogP) is 21.2. The lowest BCUT2D eigenvalue weighted by molar-refractivity contribution is 0.412. The van der Waals surface area contributed by atoms with Crippen molar-refractivity contribution in [1.82, 2.24) is 9.97 Å². The molecule has 0 saturated carbocycles. The molecule has 2 aromatic heterocycles. The van der Waals surface area contributed by atoms with Gasteiger partial charge in [0.15, 0.2) is 52.0 Å². The smallest absolute Gasteiger partial charge is 0.184 e. The summed E-state index contributed by atoms with van der Waals surface area (Å²) in [7, 11) is 0. The molecule has 108 heavy (non-hydrogen) atoms. The average Bonchev–Trinajstić information content (AvgIpc) is 1.58. The number of aliphatic imine (C=N–C) groups is 5. The van der Waals surface area contributed by atoms with Crippen LogP contribution in [0.4, 0.5) is 11.6 Å². The number of phenols is 2. The van der Waals surface area contributed by atoms with Gasteiger partial charge in [-0.25, -0.2) is 34.9 Å². The van der Waals surface area contributed by atoms with Gasteiger partial charge in [0.25, 0.3) is 0 Å². The highest BCUT2D eigenvalue weighted by Gasteiger charge is 2.34. The van der Waals surface area contributed by atoms with Gasteiger partial charge in [-0.1, -0.05) is 133 Å². The van der Waals surface area contributed by atoms with E-state index >= 15 is 0 Å². The highest BCUT2D eigenvalue weighted by molar-refractivity contribution is 6.23. The van der Waals surface area contributed by atoms with Crippen LogP contribution in [0.1, 0.15) is 95.2 Å². The van der Waals surface area contributed by atoms with Crippen LogP contribution in [-0.2, 0) is 0 Å². The van der Waals surface area contributed by atoms with Gasteiger partial charge < -0.3 is 53.9 Å². The number of anilines is 1. The number of nitrogens with one attached hydrogen (secondary N) is 3. The largest absolute Gasteiger partial charge is 0.507 e. The van der Waals surface area contributed by atoms with Crippen molar-refractivity contribution in [3.05, 3.63) is 306 Å². The Balaban J connectivity index is 1.03. The molecule has 3 aliphatic heterocycles. The van der Waals surface area contributed by atoms with Crippen LogP contribution in [0, 0.1) is 83.1 Å². The lowest BCUT2D eigenvalue weighted by Crippen LogP contribution is -2.15. The molecule has 1 unspecified atom stereocenters. The van der Waals surface area contributed by atoms with E-state index in [1.54, 1.807) is 48.5 Å². The fourth-order valence-electron chi connectivity index (χ4n) is 13.9. The molecule has 534 valence electrons. The number of benzene rings is 11. The second-order valence-electron chi connectivity index (χ2n) is 27.6. The van der Waals surface area contributed by atoms with Crippen LogP contribution in [0.15, 0.2) is 240 Å². The van der Waals surface area contributed by atoms with E-state index in [4.69, 9.17) is 63.4 Å². The maximum atomic E-state index is 11.3. The summed E-state index contributed by atoms with van der Waals surface area (Å²) in [5.74, 6) is 7.56. The van der Waals surface area contributed by atoms with Gasteiger partial charge in [-0.15, -0.1) is 0 Å². The van der Waals surface area contributed by atoms with E-state index in [-0.39, 0.29) is 40.1 Å². The van der Waals surface area contributed by atoms with Crippen LogP contribution >= 0.6 is 0 Å². The summed E-state index contributed by atoms with van der Waals surface area (Å²) in [5.41, 5.74) is 14.0. The maximum absolute atomic E-state index is 11.3. The van der Waals surface area contributed by atoms with E-state index in [0.29, 0.717) is 136 Å². The van der Waals surface area contributed by atoms with Gasteiger partial charge in [-0.05, 0) is 211 Å². The van der Waals surface area contributed by atoms with E-state index in [0.717, 1.165) is 66.8 Å². The number of ether oxygens (including phenoxy) is 6. The van der Waals surface area contributed by atoms with Crippen LogP contribution in [0.5, 0.6) is 80.5 Å². The van der Waals surface area contributed by atoms with Crippen LogP contribution in [0.2, 0.25) is 0 Å². The zero-order valence-electron chi connectivity index (χ0n) is 61.7. The molecule has 0 aliphatic carbocycles. The number of aryl methyl sites for hydroxylation is 12. The van der Waals surface area contributed by atoms with Gasteiger partial charge in [-0.3, -0.25) is 0 Å². The van der Waals surface area contributed by atoms with Gasteiger partial charge in [0.05, 0.1) is 0 Å². The molecular formula is C90H76N10O8. The predicted molar refractivity (Wildman–Crippen MR) is 427 cm³/mol. The number of H-pyrrole nitrogens is 2. The highest BCUT2D eigenvalue weighted by atomic mass is 16.5. The maximum Gasteiger partial charge on any atom is 0.184 e. The van der Waals surface area contributed by atoms with E-state index in [1.165, 1.54) is 12.4 Å². The van der Waals surface area contributed by atoms with E-state index in [1.807, 2.05) is 229 Å². The van der Waals surface area contributed by atoms with Crippen molar-refractivity contribution in [1.29, 1.82) is 0 Å². The van der Waals surface area contributed by atoms with Crippen molar-refractivity contribution in [2.75, 3.05) is 5.32 Å². The van der Waals surface area contributed by atoms with Gasteiger partial charge >= 0.3 is 0 Å². The van der Waals surface area contributed by atoms with Crippen molar-refractivity contribution >= 4 is 63.1 Å². The summed E-state index contributed by atoms with van der Waals surface area (Å²) in [5, 5.41) is 28.9. The molecule has 1 atom stereocenters. The fourth-order valence-corrected chi connectivity index (χ4v) is 13.9. The van der Waals surface area contributed by atoms with Crippen molar-refractivity contribution < 1.29 is 38.6 Å². The number of hydrogen-bond donors (Lipinski definition) is 5. The Morgan fingerprint density at radius 1 is 0.333 bits per heavy atom. The molecule has 0 radical (unpaired) electrons. The first-order chi connectivity index (χ1) is 52.2. The number of aromatic nitrogens is 2. The number of aromatic amines is 2. The zero-order valence-corrected chi connectivity index (χ0v) is 61.7. The normalized spacial score (nSPS) is 14.3. The highest BCUT2D eigenvalue weighted by Crippen LogP contribution is 2.50. The Labute approximate surface area is 623 Å². The third-order valence-electron chi connectivity index (χ3n) is 19.6. The van der Waals surface area contributed by atoms with E-state index in [2.05, 4.69) is 15.3 Å². The first-order valence-electron chi connectivity index (χ1n) is 35.6. The molecule has 0 saturated heterocycles. The minimum atomic E-state index is -0.909. The number of nitrogens with zero attached hydrogens (tertiary/aromatic N) is 7. The monoisotopic (exact) mass is 1420 g/mol. The second-order valence-corrected chi connectivity index (χ2v) is 27.6. The Hall–Kier alpha value is -13.6. The van der Waals surface area contributed by atoms with Crippen LogP contribution < -0.4 is 44.7 Å². The number of para-hydroxylation sites is 8. The number of phenolic OH excluding ortho intramolecular Hbond substituents is 2.